The van der Waals surface area contributed by atoms with E-state index in [4.69, 9.17) is 11.6 Å². The molecule has 1 rings (SSSR count). The third kappa shape index (κ3) is 3.18. The molecule has 70 valence electrons. The van der Waals surface area contributed by atoms with Gasteiger partial charge >= 0.3 is 6.36 Å². The maximum absolute atomic E-state index is 11.8. The van der Waals surface area contributed by atoms with Crippen molar-refractivity contribution in [3.63, 3.8) is 0 Å². The molecule has 0 heterocycles. The largest absolute Gasteiger partial charge is 0.573 e. The second-order valence-corrected chi connectivity index (χ2v) is 2.89. The van der Waals surface area contributed by atoms with Crippen molar-refractivity contribution in [3.8, 4) is 5.75 Å². The van der Waals surface area contributed by atoms with E-state index in [1.807, 2.05) is 0 Å². The minimum absolute atomic E-state index is 0.225. The van der Waals surface area contributed by atoms with Gasteiger partial charge in [0.2, 0.25) is 0 Å². The van der Waals surface area contributed by atoms with E-state index >= 15 is 0 Å². The zero-order valence-electron chi connectivity index (χ0n) is 6.65. The molecule has 1 aromatic carbocycles. The second-order valence-electron chi connectivity index (χ2n) is 2.46. The number of hydrogen-bond acceptors (Lipinski definition) is 1. The molecule has 0 unspecified atom stereocenters. The fourth-order valence-corrected chi connectivity index (χ4v) is 1.08. The quantitative estimate of drug-likeness (QED) is 0.636. The van der Waals surface area contributed by atoms with Gasteiger partial charge in [0.05, 0.1) is 0 Å². The Morgan fingerprint density at radius 2 is 1.92 bits per heavy atom. The number of halogens is 4. The molecule has 0 radical (unpaired) electrons. The van der Waals surface area contributed by atoms with Crippen LogP contribution in [0.1, 0.15) is 0 Å². The van der Waals surface area contributed by atoms with Gasteiger partial charge in [0.15, 0.2) is 0 Å². The molecule has 0 atom stereocenters. The predicted molar refractivity (Wildman–Crippen MR) is 46.3 cm³/mol. The Balaban J connectivity index is 2.90. The number of rotatable bonds is 1. The summed E-state index contributed by atoms with van der Waals surface area (Å²) >= 11 is 5.55. The Hall–Kier alpha value is -0.835. The highest BCUT2D eigenvalue weighted by molar-refractivity contribution is 6.37. The van der Waals surface area contributed by atoms with Crippen LogP contribution < -0.4 is 10.2 Å². The molecule has 0 bridgehead atoms. The molecular formula is C7H5BClF3O. The summed E-state index contributed by atoms with van der Waals surface area (Å²) < 4.78 is 39.0. The fraction of sp³-hybridized carbons (Fsp3) is 0.143. The summed E-state index contributed by atoms with van der Waals surface area (Å²) in [5.41, 5.74) is 0.352. The first-order valence-electron chi connectivity index (χ1n) is 3.40. The van der Waals surface area contributed by atoms with Crippen molar-refractivity contribution in [2.75, 3.05) is 0 Å². The fourth-order valence-electron chi connectivity index (χ4n) is 0.852. The molecule has 0 aromatic heterocycles. The molecule has 0 fully saturated rings. The second kappa shape index (κ2) is 3.50. The van der Waals surface area contributed by atoms with Gasteiger partial charge in [0.1, 0.15) is 13.6 Å². The minimum atomic E-state index is -4.65. The van der Waals surface area contributed by atoms with Crippen molar-refractivity contribution in [2.45, 2.75) is 6.36 Å². The van der Waals surface area contributed by atoms with Crippen LogP contribution in [0.15, 0.2) is 18.2 Å². The molecule has 0 aliphatic carbocycles. The van der Waals surface area contributed by atoms with Crippen molar-refractivity contribution >= 4 is 24.9 Å². The van der Waals surface area contributed by atoms with Crippen LogP contribution in [0, 0.1) is 0 Å². The van der Waals surface area contributed by atoms with Crippen LogP contribution in [0.5, 0.6) is 5.75 Å². The summed E-state index contributed by atoms with van der Waals surface area (Å²) in [7, 11) is 1.49. The Kier molecular flexibility index (Phi) is 2.76. The first-order valence-corrected chi connectivity index (χ1v) is 3.78. The summed E-state index contributed by atoms with van der Waals surface area (Å²) in [6.07, 6.45) is -4.65. The van der Waals surface area contributed by atoms with Gasteiger partial charge in [-0.1, -0.05) is 11.6 Å². The lowest BCUT2D eigenvalue weighted by Crippen LogP contribution is -2.21. The van der Waals surface area contributed by atoms with E-state index in [0.29, 0.717) is 10.5 Å². The van der Waals surface area contributed by atoms with Crippen molar-refractivity contribution in [3.05, 3.63) is 23.2 Å². The topological polar surface area (TPSA) is 9.23 Å². The van der Waals surface area contributed by atoms with E-state index < -0.39 is 6.36 Å². The third-order valence-corrected chi connectivity index (χ3v) is 1.60. The first-order chi connectivity index (χ1) is 5.88. The number of alkyl halides is 3. The van der Waals surface area contributed by atoms with Gasteiger partial charge in [-0.05, 0) is 23.7 Å². The van der Waals surface area contributed by atoms with Crippen LogP contribution in [0.4, 0.5) is 13.2 Å². The van der Waals surface area contributed by atoms with Crippen LogP contribution >= 0.6 is 11.6 Å². The smallest absolute Gasteiger partial charge is 0.406 e. The van der Waals surface area contributed by atoms with E-state index in [-0.39, 0.29) is 5.75 Å². The molecule has 13 heavy (non-hydrogen) atoms. The highest BCUT2D eigenvalue weighted by Crippen LogP contribution is 2.21. The molecular weight excluding hydrogens is 203 g/mol. The van der Waals surface area contributed by atoms with Gasteiger partial charge in [0, 0.05) is 5.02 Å². The van der Waals surface area contributed by atoms with Crippen LogP contribution in [0.25, 0.3) is 0 Å². The van der Waals surface area contributed by atoms with Gasteiger partial charge in [-0.25, -0.2) is 0 Å². The average Bonchev–Trinajstić information content (AvgIpc) is 1.93. The van der Waals surface area contributed by atoms with E-state index in [2.05, 4.69) is 4.74 Å². The van der Waals surface area contributed by atoms with Crippen molar-refractivity contribution in [1.29, 1.82) is 0 Å². The molecule has 1 aromatic rings. The Morgan fingerprint density at radius 1 is 1.31 bits per heavy atom. The molecule has 0 saturated carbocycles. The summed E-state index contributed by atoms with van der Waals surface area (Å²) in [5, 5.41) is 0.382. The van der Waals surface area contributed by atoms with Crippen molar-refractivity contribution in [1.82, 2.24) is 0 Å². The van der Waals surface area contributed by atoms with Gasteiger partial charge in [0.25, 0.3) is 0 Å². The molecule has 1 nitrogen and oxygen atoms in total. The predicted octanol–water partition coefficient (Wildman–Crippen LogP) is 1.50. The lowest BCUT2D eigenvalue weighted by Gasteiger charge is -2.11. The SMILES string of the molecule is Bc1cc(Cl)ccc1OC(F)(F)F. The van der Waals surface area contributed by atoms with E-state index in [1.165, 1.54) is 26.0 Å². The lowest BCUT2D eigenvalue weighted by molar-refractivity contribution is -0.274. The maximum Gasteiger partial charge on any atom is 0.573 e. The van der Waals surface area contributed by atoms with Gasteiger partial charge in [-0.3, -0.25) is 0 Å². The van der Waals surface area contributed by atoms with Crippen molar-refractivity contribution in [2.24, 2.45) is 0 Å². The molecule has 0 aliphatic rings. The zero-order chi connectivity index (χ0) is 10.1. The van der Waals surface area contributed by atoms with Gasteiger partial charge in [-0.2, -0.15) is 0 Å². The van der Waals surface area contributed by atoms with E-state index in [1.54, 1.807) is 0 Å². The summed E-state index contributed by atoms with van der Waals surface area (Å²) in [6, 6.07) is 3.93. The van der Waals surface area contributed by atoms with Gasteiger partial charge < -0.3 is 4.74 Å². The maximum atomic E-state index is 11.8. The molecule has 6 heteroatoms. The summed E-state index contributed by atoms with van der Waals surface area (Å²) in [4.78, 5) is 0. The third-order valence-electron chi connectivity index (χ3n) is 1.36. The molecule has 0 amide bonds. The van der Waals surface area contributed by atoms with Crippen LogP contribution in [-0.2, 0) is 0 Å². The van der Waals surface area contributed by atoms with E-state index in [0.717, 1.165) is 0 Å². The highest BCUT2D eigenvalue weighted by atomic mass is 35.5. The highest BCUT2D eigenvalue weighted by Gasteiger charge is 2.31. The average molecular weight is 208 g/mol. The summed E-state index contributed by atoms with van der Waals surface area (Å²) in [5.74, 6) is -0.225. The molecule has 0 aliphatic heterocycles. The normalized spacial score (nSPS) is 11.4. The monoisotopic (exact) mass is 208 g/mol. The molecule has 0 saturated heterocycles. The Bertz CT molecular complexity index is 313. The number of hydrogen-bond donors (Lipinski definition) is 0. The molecule has 0 spiro atoms. The van der Waals surface area contributed by atoms with Crippen LogP contribution in [-0.4, -0.2) is 14.2 Å². The van der Waals surface area contributed by atoms with Crippen LogP contribution in [0.2, 0.25) is 5.02 Å². The van der Waals surface area contributed by atoms with Crippen molar-refractivity contribution < 1.29 is 17.9 Å². The standard InChI is InChI=1S/C7H5BClF3O/c8-5-3-4(9)1-2-6(5)13-7(10,11)12/h1-3H,8H2. The zero-order valence-corrected chi connectivity index (χ0v) is 7.41. The minimum Gasteiger partial charge on any atom is -0.406 e. The van der Waals surface area contributed by atoms with Crippen LogP contribution in [0.3, 0.4) is 0 Å². The first kappa shape index (κ1) is 10.2. The number of ether oxygens (including phenoxy) is 1. The summed E-state index contributed by atoms with van der Waals surface area (Å²) in [6.45, 7) is 0. The lowest BCUT2D eigenvalue weighted by atomic mass is 9.95. The molecule has 0 N–H and O–H groups in total. The van der Waals surface area contributed by atoms with E-state index in [9.17, 15) is 13.2 Å². The Labute approximate surface area is 78.9 Å². The van der Waals surface area contributed by atoms with Gasteiger partial charge in [-0.15, -0.1) is 13.2 Å². The Morgan fingerprint density at radius 3 is 2.38 bits per heavy atom. The number of benzene rings is 1.